The van der Waals surface area contributed by atoms with Gasteiger partial charge in [0.25, 0.3) is 0 Å². The second-order valence-electron chi connectivity index (χ2n) is 19.8. The highest BCUT2D eigenvalue weighted by atomic mass is 16.5. The standard InChI is InChI=1S/C59H111NO5/c1-4-7-10-13-16-19-22-25-27-28-29-31-34-37-40-43-46-49-52-59(64)65-55(50-47-44-41-38-35-33-30-26-23-20-17-14-11-8-5-2)53-58(63)60-56(54-61)57(62)51-48-45-42-39-36-32-24-21-18-15-12-9-6-3/h22,25,27-29,31,55-57,61-62H,4-21,23-24,26,30,32-54H2,1-3H3,(H,60,63)/b25-22+,28-27+,31-29+. The lowest BCUT2D eigenvalue weighted by atomic mass is 10.0. The van der Waals surface area contributed by atoms with Crippen molar-refractivity contribution in [3.8, 4) is 0 Å². The van der Waals surface area contributed by atoms with Crippen LogP contribution in [0.4, 0.5) is 0 Å². The SMILES string of the molecule is CCCCCCC/C=C/C=C/C=C/CCCCCCCC(=O)OC(CCCCCCCCCCCCCCCCC)CC(=O)NC(CO)C(O)CCCCCCCCCCCCCCC. The molecule has 0 aliphatic carbocycles. The van der Waals surface area contributed by atoms with Gasteiger partial charge in [-0.1, -0.05) is 276 Å². The molecule has 6 heteroatoms. The zero-order valence-electron chi connectivity index (χ0n) is 43.6. The number of aliphatic hydroxyl groups excluding tert-OH is 2. The van der Waals surface area contributed by atoms with Crippen LogP contribution in [0.25, 0.3) is 0 Å². The second-order valence-corrected chi connectivity index (χ2v) is 19.8. The molecule has 3 N–H and O–H groups in total. The van der Waals surface area contributed by atoms with E-state index in [1.807, 2.05) is 0 Å². The van der Waals surface area contributed by atoms with E-state index in [4.69, 9.17) is 4.74 Å². The van der Waals surface area contributed by atoms with Gasteiger partial charge in [0.15, 0.2) is 0 Å². The van der Waals surface area contributed by atoms with Crippen molar-refractivity contribution in [3.05, 3.63) is 36.5 Å². The number of aliphatic hydroxyl groups is 2. The highest BCUT2D eigenvalue weighted by molar-refractivity contribution is 5.77. The number of carbonyl (C=O) groups excluding carboxylic acids is 2. The molecule has 0 saturated carbocycles. The van der Waals surface area contributed by atoms with Crippen molar-refractivity contribution < 1.29 is 24.5 Å². The van der Waals surface area contributed by atoms with Gasteiger partial charge >= 0.3 is 5.97 Å². The van der Waals surface area contributed by atoms with E-state index in [1.54, 1.807) is 0 Å². The van der Waals surface area contributed by atoms with Crippen molar-refractivity contribution in [2.45, 2.75) is 322 Å². The van der Waals surface area contributed by atoms with Gasteiger partial charge in [-0.25, -0.2) is 0 Å². The third-order valence-electron chi connectivity index (χ3n) is 13.3. The van der Waals surface area contributed by atoms with Crippen LogP contribution in [-0.2, 0) is 14.3 Å². The first-order valence-corrected chi connectivity index (χ1v) is 28.7. The Morgan fingerprint density at radius 2 is 0.785 bits per heavy atom. The smallest absolute Gasteiger partial charge is 0.306 e. The first-order chi connectivity index (χ1) is 32.0. The monoisotopic (exact) mass is 914 g/mol. The highest BCUT2D eigenvalue weighted by Gasteiger charge is 2.24. The second kappa shape index (κ2) is 53.0. The van der Waals surface area contributed by atoms with Crippen molar-refractivity contribution in [3.63, 3.8) is 0 Å². The number of carbonyl (C=O) groups is 2. The molecular formula is C59H111NO5. The fraction of sp³-hybridized carbons (Fsp3) is 0.864. The summed E-state index contributed by atoms with van der Waals surface area (Å²) in [6.45, 7) is 6.50. The number of nitrogens with one attached hydrogen (secondary N) is 1. The minimum Gasteiger partial charge on any atom is -0.462 e. The average molecular weight is 915 g/mol. The molecule has 65 heavy (non-hydrogen) atoms. The van der Waals surface area contributed by atoms with Crippen LogP contribution in [0, 0.1) is 0 Å². The summed E-state index contributed by atoms with van der Waals surface area (Å²) in [7, 11) is 0. The van der Waals surface area contributed by atoms with E-state index in [-0.39, 0.29) is 24.9 Å². The molecule has 1 amide bonds. The number of hydrogen-bond donors (Lipinski definition) is 3. The zero-order valence-corrected chi connectivity index (χ0v) is 43.6. The van der Waals surface area contributed by atoms with E-state index >= 15 is 0 Å². The van der Waals surface area contributed by atoms with Crippen LogP contribution in [0.5, 0.6) is 0 Å². The fourth-order valence-electron chi connectivity index (χ4n) is 8.90. The molecule has 0 saturated heterocycles. The number of ether oxygens (including phenoxy) is 1. The number of rotatable bonds is 52. The Labute approximate surface area is 404 Å². The topological polar surface area (TPSA) is 95.9 Å². The number of amides is 1. The Hall–Kier alpha value is -1.92. The lowest BCUT2D eigenvalue weighted by molar-refractivity contribution is -0.151. The number of allylic oxidation sites excluding steroid dienone is 6. The third kappa shape index (κ3) is 48.3. The van der Waals surface area contributed by atoms with Gasteiger partial charge < -0.3 is 20.3 Å². The quantitative estimate of drug-likeness (QED) is 0.0321. The van der Waals surface area contributed by atoms with E-state index in [0.29, 0.717) is 19.3 Å². The van der Waals surface area contributed by atoms with Crippen molar-refractivity contribution in [1.29, 1.82) is 0 Å². The summed E-state index contributed by atoms with van der Waals surface area (Å²) >= 11 is 0. The molecule has 0 spiro atoms. The van der Waals surface area contributed by atoms with Gasteiger partial charge in [0, 0.05) is 6.42 Å². The molecule has 0 bridgehead atoms. The fourth-order valence-corrected chi connectivity index (χ4v) is 8.90. The maximum atomic E-state index is 13.3. The minimum atomic E-state index is -0.789. The Morgan fingerprint density at radius 1 is 0.446 bits per heavy atom. The Kier molecular flexibility index (Phi) is 51.5. The Morgan fingerprint density at radius 3 is 1.17 bits per heavy atom. The van der Waals surface area contributed by atoms with Crippen LogP contribution < -0.4 is 5.32 Å². The van der Waals surface area contributed by atoms with Gasteiger partial charge in [0.1, 0.15) is 6.10 Å². The summed E-state index contributed by atoms with van der Waals surface area (Å²) in [4.78, 5) is 26.3. The van der Waals surface area contributed by atoms with E-state index < -0.39 is 18.2 Å². The number of esters is 1. The van der Waals surface area contributed by atoms with Gasteiger partial charge in [-0.2, -0.15) is 0 Å². The summed E-state index contributed by atoms with van der Waals surface area (Å²) in [6.07, 6.45) is 63.4. The first-order valence-electron chi connectivity index (χ1n) is 28.7. The van der Waals surface area contributed by atoms with Gasteiger partial charge in [-0.15, -0.1) is 0 Å². The van der Waals surface area contributed by atoms with Crippen LogP contribution >= 0.6 is 0 Å². The summed E-state index contributed by atoms with van der Waals surface area (Å²) in [5.41, 5.74) is 0. The van der Waals surface area contributed by atoms with Crippen molar-refractivity contribution in [2.75, 3.05) is 6.61 Å². The molecule has 0 aromatic rings. The van der Waals surface area contributed by atoms with E-state index in [9.17, 15) is 19.8 Å². The van der Waals surface area contributed by atoms with Crippen LogP contribution in [0.1, 0.15) is 303 Å². The Bertz CT molecular complexity index is 1070. The molecule has 382 valence electrons. The van der Waals surface area contributed by atoms with Crippen molar-refractivity contribution in [1.82, 2.24) is 5.32 Å². The first kappa shape index (κ1) is 63.1. The molecule has 3 atom stereocenters. The third-order valence-corrected chi connectivity index (χ3v) is 13.3. The molecule has 0 aromatic carbocycles. The molecule has 6 nitrogen and oxygen atoms in total. The predicted molar refractivity (Wildman–Crippen MR) is 282 cm³/mol. The lowest BCUT2D eigenvalue weighted by Crippen LogP contribution is -2.46. The predicted octanol–water partition coefficient (Wildman–Crippen LogP) is 17.6. The van der Waals surface area contributed by atoms with Gasteiger partial charge in [0.05, 0.1) is 25.2 Å². The summed E-state index contributed by atoms with van der Waals surface area (Å²) < 4.78 is 5.96. The van der Waals surface area contributed by atoms with E-state index in [0.717, 1.165) is 64.2 Å². The van der Waals surface area contributed by atoms with Crippen LogP contribution in [-0.4, -0.2) is 46.9 Å². The van der Waals surface area contributed by atoms with Gasteiger partial charge in [0.2, 0.25) is 5.91 Å². The molecule has 0 aliphatic rings. The Balaban J connectivity index is 4.57. The van der Waals surface area contributed by atoms with Crippen molar-refractivity contribution in [2.24, 2.45) is 0 Å². The van der Waals surface area contributed by atoms with E-state index in [2.05, 4.69) is 62.5 Å². The zero-order chi connectivity index (χ0) is 47.4. The maximum absolute atomic E-state index is 13.3. The lowest BCUT2D eigenvalue weighted by Gasteiger charge is -2.24. The molecule has 0 aliphatic heterocycles. The molecule has 0 fully saturated rings. The normalized spacial score (nSPS) is 13.4. The average Bonchev–Trinajstić information content (AvgIpc) is 3.30. The summed E-state index contributed by atoms with van der Waals surface area (Å²) in [5, 5.41) is 23.9. The largest absolute Gasteiger partial charge is 0.462 e. The van der Waals surface area contributed by atoms with Gasteiger partial charge in [-0.05, 0) is 51.4 Å². The van der Waals surface area contributed by atoms with E-state index in [1.165, 1.54) is 193 Å². The molecule has 3 unspecified atom stereocenters. The van der Waals surface area contributed by atoms with Crippen molar-refractivity contribution >= 4 is 11.9 Å². The summed E-state index contributed by atoms with van der Waals surface area (Å²) in [6, 6.07) is -0.703. The molecular weight excluding hydrogens is 803 g/mol. The molecule has 0 heterocycles. The summed E-state index contributed by atoms with van der Waals surface area (Å²) in [5.74, 6) is -0.480. The number of hydrogen-bond acceptors (Lipinski definition) is 5. The maximum Gasteiger partial charge on any atom is 0.306 e. The minimum absolute atomic E-state index is 0.0738. The number of unbranched alkanes of at least 4 members (excludes halogenated alkanes) is 36. The highest BCUT2D eigenvalue weighted by Crippen LogP contribution is 2.19. The van der Waals surface area contributed by atoms with Gasteiger partial charge in [-0.3, -0.25) is 9.59 Å². The van der Waals surface area contributed by atoms with Crippen LogP contribution in [0.15, 0.2) is 36.5 Å². The molecule has 0 rings (SSSR count). The molecule has 0 radical (unpaired) electrons. The molecule has 0 aromatic heterocycles. The van der Waals surface area contributed by atoms with Crippen LogP contribution in [0.3, 0.4) is 0 Å². The van der Waals surface area contributed by atoms with Crippen LogP contribution in [0.2, 0.25) is 0 Å².